The maximum absolute atomic E-state index is 12.2. The fourth-order valence-electron chi connectivity index (χ4n) is 2.42. The van der Waals surface area contributed by atoms with Crippen molar-refractivity contribution >= 4 is 10.9 Å². The molecule has 2 aromatic heterocycles. The molecule has 1 fully saturated rings. The van der Waals surface area contributed by atoms with Crippen molar-refractivity contribution in [3.8, 4) is 0 Å². The molecule has 1 atom stereocenters. The molecule has 18 heavy (non-hydrogen) atoms. The number of ether oxygens (including phenoxy) is 1. The fourth-order valence-corrected chi connectivity index (χ4v) is 2.42. The predicted molar refractivity (Wildman–Crippen MR) is 69.5 cm³/mol. The van der Waals surface area contributed by atoms with Gasteiger partial charge < -0.3 is 9.30 Å². The van der Waals surface area contributed by atoms with E-state index in [1.54, 1.807) is 16.8 Å². The molecule has 0 aliphatic carbocycles. The van der Waals surface area contributed by atoms with E-state index in [0.717, 1.165) is 38.1 Å². The van der Waals surface area contributed by atoms with Gasteiger partial charge in [0.15, 0.2) is 0 Å². The normalized spacial score (nSPS) is 19.4. The average molecular weight is 244 g/mol. The summed E-state index contributed by atoms with van der Waals surface area (Å²) in [5.74, 6) is 0.599. The Kier molecular flexibility index (Phi) is 3.11. The van der Waals surface area contributed by atoms with Crippen LogP contribution >= 0.6 is 0 Å². The van der Waals surface area contributed by atoms with Crippen LogP contribution < -0.4 is 5.56 Å². The van der Waals surface area contributed by atoms with Crippen molar-refractivity contribution in [2.75, 3.05) is 13.2 Å². The minimum Gasteiger partial charge on any atom is -0.381 e. The van der Waals surface area contributed by atoms with Crippen LogP contribution in [-0.2, 0) is 11.3 Å². The molecule has 3 rings (SSSR count). The fraction of sp³-hybridized carbons (Fsp3) is 0.429. The van der Waals surface area contributed by atoms with Gasteiger partial charge in [-0.1, -0.05) is 0 Å². The number of nitrogens with zero attached hydrogens (tertiary/aromatic N) is 2. The van der Waals surface area contributed by atoms with E-state index < -0.39 is 0 Å². The maximum Gasteiger partial charge on any atom is 0.259 e. The molecule has 1 aliphatic heterocycles. The molecular formula is C14H16N2O2. The second-order valence-corrected chi connectivity index (χ2v) is 4.77. The van der Waals surface area contributed by atoms with Gasteiger partial charge in [-0.2, -0.15) is 0 Å². The van der Waals surface area contributed by atoms with Gasteiger partial charge in [0.1, 0.15) is 0 Å². The van der Waals surface area contributed by atoms with Gasteiger partial charge in [-0.05, 0) is 37.0 Å². The van der Waals surface area contributed by atoms with Crippen molar-refractivity contribution in [2.45, 2.75) is 19.4 Å². The molecule has 2 aromatic rings. The van der Waals surface area contributed by atoms with Gasteiger partial charge >= 0.3 is 0 Å². The lowest BCUT2D eigenvalue weighted by molar-refractivity contribution is 0.183. The molecule has 0 spiro atoms. The van der Waals surface area contributed by atoms with Crippen molar-refractivity contribution in [2.24, 2.45) is 5.92 Å². The Hall–Kier alpha value is -1.68. The van der Waals surface area contributed by atoms with Crippen LogP contribution in [0, 0.1) is 5.92 Å². The molecule has 0 aromatic carbocycles. The van der Waals surface area contributed by atoms with Crippen LogP contribution in [0.3, 0.4) is 0 Å². The van der Waals surface area contributed by atoms with Crippen LogP contribution in [0.5, 0.6) is 0 Å². The lowest BCUT2D eigenvalue weighted by atomic mass is 10.1. The first-order chi connectivity index (χ1) is 8.84. The minimum atomic E-state index is 0.0551. The third-order valence-corrected chi connectivity index (χ3v) is 3.54. The van der Waals surface area contributed by atoms with Gasteiger partial charge in [0, 0.05) is 32.2 Å². The lowest BCUT2D eigenvalue weighted by Crippen LogP contribution is -2.21. The Balaban J connectivity index is 1.83. The first kappa shape index (κ1) is 11.4. The van der Waals surface area contributed by atoms with Gasteiger partial charge in [-0.25, -0.2) is 0 Å². The standard InChI is InChI=1S/C14H16N2O2/c17-14-12-2-1-6-15-13(12)4-8-16(14)7-3-11-5-9-18-10-11/h1-2,4,6,8,11H,3,5,7,9-10H2/t11-/m0/s1. The van der Waals surface area contributed by atoms with E-state index in [2.05, 4.69) is 4.98 Å². The molecule has 3 heterocycles. The van der Waals surface area contributed by atoms with E-state index >= 15 is 0 Å². The molecule has 0 amide bonds. The summed E-state index contributed by atoms with van der Waals surface area (Å²) in [5.41, 5.74) is 0.822. The Labute approximate surface area is 105 Å². The third-order valence-electron chi connectivity index (χ3n) is 3.54. The van der Waals surface area contributed by atoms with Crippen LogP contribution in [-0.4, -0.2) is 22.8 Å². The molecule has 4 heteroatoms. The van der Waals surface area contributed by atoms with E-state index in [1.807, 2.05) is 18.3 Å². The van der Waals surface area contributed by atoms with Crippen LogP contribution in [0.25, 0.3) is 10.9 Å². The minimum absolute atomic E-state index is 0.0551. The second-order valence-electron chi connectivity index (χ2n) is 4.77. The number of pyridine rings is 2. The summed E-state index contributed by atoms with van der Waals surface area (Å²) in [7, 11) is 0. The van der Waals surface area contributed by atoms with Gasteiger partial charge in [0.2, 0.25) is 0 Å². The van der Waals surface area contributed by atoms with E-state index in [-0.39, 0.29) is 5.56 Å². The monoisotopic (exact) mass is 244 g/mol. The smallest absolute Gasteiger partial charge is 0.259 e. The zero-order chi connectivity index (χ0) is 12.4. The third kappa shape index (κ3) is 2.16. The second kappa shape index (κ2) is 4.90. The summed E-state index contributed by atoms with van der Waals surface area (Å²) >= 11 is 0. The zero-order valence-electron chi connectivity index (χ0n) is 10.2. The van der Waals surface area contributed by atoms with Crippen LogP contribution in [0.15, 0.2) is 35.4 Å². The maximum atomic E-state index is 12.2. The van der Waals surface area contributed by atoms with E-state index in [4.69, 9.17) is 4.74 Å². The Morgan fingerprint density at radius 1 is 1.44 bits per heavy atom. The highest BCUT2D eigenvalue weighted by Crippen LogP contribution is 2.16. The lowest BCUT2D eigenvalue weighted by Gasteiger charge is -2.10. The Morgan fingerprint density at radius 2 is 2.39 bits per heavy atom. The topological polar surface area (TPSA) is 44.1 Å². The summed E-state index contributed by atoms with van der Waals surface area (Å²) in [5, 5.41) is 0.697. The summed E-state index contributed by atoms with van der Waals surface area (Å²) in [4.78, 5) is 16.4. The van der Waals surface area contributed by atoms with Gasteiger partial charge in [0.05, 0.1) is 10.9 Å². The van der Waals surface area contributed by atoms with Crippen molar-refractivity contribution in [3.63, 3.8) is 0 Å². The zero-order valence-corrected chi connectivity index (χ0v) is 10.2. The molecule has 0 radical (unpaired) electrons. The average Bonchev–Trinajstić information content (AvgIpc) is 2.91. The summed E-state index contributed by atoms with van der Waals surface area (Å²) < 4.78 is 7.13. The van der Waals surface area contributed by atoms with Crippen LogP contribution in [0.4, 0.5) is 0 Å². The number of aryl methyl sites for hydroxylation is 1. The number of aromatic nitrogens is 2. The molecule has 1 saturated heterocycles. The largest absolute Gasteiger partial charge is 0.381 e. The Morgan fingerprint density at radius 3 is 3.22 bits per heavy atom. The highest BCUT2D eigenvalue weighted by Gasteiger charge is 2.15. The van der Waals surface area contributed by atoms with Crippen molar-refractivity contribution < 1.29 is 4.74 Å². The molecule has 0 saturated carbocycles. The Bertz CT molecular complexity index is 600. The predicted octanol–water partition coefficient (Wildman–Crippen LogP) is 1.82. The van der Waals surface area contributed by atoms with Crippen molar-refractivity contribution in [1.82, 2.24) is 9.55 Å². The first-order valence-corrected chi connectivity index (χ1v) is 6.36. The highest BCUT2D eigenvalue weighted by molar-refractivity contribution is 5.76. The molecule has 94 valence electrons. The molecule has 1 aliphatic rings. The van der Waals surface area contributed by atoms with Crippen molar-refractivity contribution in [3.05, 3.63) is 40.9 Å². The number of hydrogen-bond acceptors (Lipinski definition) is 3. The van der Waals surface area contributed by atoms with Crippen LogP contribution in [0.2, 0.25) is 0 Å². The SMILES string of the molecule is O=c1c2cccnc2ccn1CC[C@H]1CCOC1. The van der Waals surface area contributed by atoms with Crippen molar-refractivity contribution in [1.29, 1.82) is 0 Å². The molecule has 0 unspecified atom stereocenters. The van der Waals surface area contributed by atoms with Crippen LogP contribution in [0.1, 0.15) is 12.8 Å². The first-order valence-electron chi connectivity index (χ1n) is 6.36. The molecule has 4 nitrogen and oxygen atoms in total. The molecule has 0 N–H and O–H groups in total. The number of rotatable bonds is 3. The number of hydrogen-bond donors (Lipinski definition) is 0. The summed E-state index contributed by atoms with van der Waals surface area (Å²) in [6.07, 6.45) is 5.67. The van der Waals surface area contributed by atoms with E-state index in [1.165, 1.54) is 0 Å². The highest BCUT2D eigenvalue weighted by atomic mass is 16.5. The quantitative estimate of drug-likeness (QED) is 0.827. The van der Waals surface area contributed by atoms with Gasteiger partial charge in [0.25, 0.3) is 5.56 Å². The molecular weight excluding hydrogens is 228 g/mol. The summed E-state index contributed by atoms with van der Waals surface area (Å²) in [6.45, 7) is 2.46. The van der Waals surface area contributed by atoms with E-state index in [9.17, 15) is 4.79 Å². The van der Waals surface area contributed by atoms with Gasteiger partial charge in [-0.3, -0.25) is 9.78 Å². The number of fused-ring (bicyclic) bond motifs is 1. The van der Waals surface area contributed by atoms with E-state index in [0.29, 0.717) is 11.3 Å². The molecule has 0 bridgehead atoms. The van der Waals surface area contributed by atoms with Gasteiger partial charge in [-0.15, -0.1) is 0 Å². The summed E-state index contributed by atoms with van der Waals surface area (Å²) in [6, 6.07) is 5.54.